The van der Waals surface area contributed by atoms with Crippen LogP contribution in [0.4, 0.5) is 0 Å². The fourth-order valence-corrected chi connectivity index (χ4v) is 5.99. The fourth-order valence-electron chi connectivity index (χ4n) is 5.99. The van der Waals surface area contributed by atoms with Gasteiger partial charge in [-0.2, -0.15) is 0 Å². The van der Waals surface area contributed by atoms with Gasteiger partial charge < -0.3 is 14.6 Å². The summed E-state index contributed by atoms with van der Waals surface area (Å²) in [6, 6.07) is 32.6. The van der Waals surface area contributed by atoms with Gasteiger partial charge in [0.15, 0.2) is 6.10 Å². The summed E-state index contributed by atoms with van der Waals surface area (Å²) in [6.07, 6.45) is 3.52. The zero-order chi connectivity index (χ0) is 29.5. The second kappa shape index (κ2) is 13.8. The van der Waals surface area contributed by atoms with E-state index in [1.165, 1.54) is 46.1 Å². The minimum Gasteiger partial charge on any atom is -0.492 e. The Morgan fingerprint density at radius 2 is 1.57 bits per heavy atom. The molecule has 0 amide bonds. The van der Waals surface area contributed by atoms with Crippen LogP contribution in [0.5, 0.6) is 5.75 Å². The molecule has 0 radical (unpaired) electrons. The van der Waals surface area contributed by atoms with E-state index in [1.807, 2.05) is 24.3 Å². The van der Waals surface area contributed by atoms with Gasteiger partial charge in [-0.25, -0.2) is 4.79 Å². The number of carboxylic acids is 1. The molecular formula is C37H41NO4. The molecule has 2 atom stereocenters. The minimum atomic E-state index is -0.958. The first kappa shape index (κ1) is 29.6. The van der Waals surface area contributed by atoms with Crippen molar-refractivity contribution in [1.29, 1.82) is 0 Å². The van der Waals surface area contributed by atoms with Gasteiger partial charge in [-0.3, -0.25) is 4.90 Å². The largest absolute Gasteiger partial charge is 0.492 e. The second-order valence-corrected chi connectivity index (χ2v) is 11.2. The van der Waals surface area contributed by atoms with Gasteiger partial charge in [0.1, 0.15) is 12.4 Å². The molecule has 0 saturated heterocycles. The van der Waals surface area contributed by atoms with Crippen LogP contribution in [0, 0.1) is 0 Å². The Bertz CT molecular complexity index is 1480. The van der Waals surface area contributed by atoms with Crippen molar-refractivity contribution in [2.75, 3.05) is 27.3 Å². The highest BCUT2D eigenvalue weighted by atomic mass is 16.5. The first-order valence-corrected chi connectivity index (χ1v) is 14.9. The summed E-state index contributed by atoms with van der Waals surface area (Å²) in [7, 11) is 3.62. The highest BCUT2D eigenvalue weighted by Gasteiger charge is 2.27. The van der Waals surface area contributed by atoms with E-state index < -0.39 is 12.1 Å². The monoisotopic (exact) mass is 563 g/mol. The van der Waals surface area contributed by atoms with Crippen molar-refractivity contribution in [3.05, 3.63) is 136 Å². The molecule has 5 nitrogen and oxygen atoms in total. The highest BCUT2D eigenvalue weighted by Crippen LogP contribution is 2.37. The molecule has 0 aromatic heterocycles. The van der Waals surface area contributed by atoms with Crippen LogP contribution in [0.2, 0.25) is 0 Å². The summed E-state index contributed by atoms with van der Waals surface area (Å²) in [4.78, 5) is 13.7. The highest BCUT2D eigenvalue weighted by molar-refractivity contribution is 5.72. The first-order chi connectivity index (χ1) is 20.4. The van der Waals surface area contributed by atoms with Crippen LogP contribution in [-0.4, -0.2) is 49.4 Å². The molecule has 1 aliphatic carbocycles. The number of carbonyl (C=O) groups is 1. The number of aliphatic carboxylic acids is 1. The summed E-state index contributed by atoms with van der Waals surface area (Å²) in [5, 5.41) is 9.26. The average Bonchev–Trinajstić information content (AvgIpc) is 3.17. The maximum atomic E-state index is 11.3. The zero-order valence-electron chi connectivity index (χ0n) is 24.9. The topological polar surface area (TPSA) is 59.0 Å². The van der Waals surface area contributed by atoms with E-state index in [1.54, 1.807) is 0 Å². The lowest BCUT2D eigenvalue weighted by atomic mass is 9.90. The second-order valence-electron chi connectivity index (χ2n) is 11.2. The van der Waals surface area contributed by atoms with Crippen LogP contribution < -0.4 is 4.74 Å². The lowest BCUT2D eigenvalue weighted by Crippen LogP contribution is -2.30. The number of carboxylic acid groups (broad SMARTS) is 1. The van der Waals surface area contributed by atoms with E-state index in [9.17, 15) is 9.90 Å². The van der Waals surface area contributed by atoms with Gasteiger partial charge >= 0.3 is 5.97 Å². The Kier molecular flexibility index (Phi) is 9.73. The van der Waals surface area contributed by atoms with Crippen LogP contribution in [0.3, 0.4) is 0 Å². The molecule has 0 heterocycles. The molecule has 0 bridgehead atoms. The smallest absolute Gasteiger partial charge is 0.333 e. The third kappa shape index (κ3) is 7.10. The van der Waals surface area contributed by atoms with E-state index in [2.05, 4.69) is 85.6 Å². The Morgan fingerprint density at radius 3 is 2.29 bits per heavy atom. The van der Waals surface area contributed by atoms with Crippen LogP contribution in [0.15, 0.2) is 91.0 Å². The Hall–Kier alpha value is -3.93. The van der Waals surface area contributed by atoms with Crippen molar-refractivity contribution in [2.45, 2.75) is 51.2 Å². The lowest BCUT2D eigenvalue weighted by Gasteiger charge is -2.31. The molecular weight excluding hydrogens is 522 g/mol. The van der Waals surface area contributed by atoms with Crippen molar-refractivity contribution in [3.63, 3.8) is 0 Å². The van der Waals surface area contributed by atoms with Crippen molar-refractivity contribution >= 4 is 5.97 Å². The minimum absolute atomic E-state index is 0.145. The third-order valence-electron chi connectivity index (χ3n) is 8.39. The number of ether oxygens (including phenoxy) is 2. The molecule has 0 aliphatic heterocycles. The molecule has 42 heavy (non-hydrogen) atoms. The van der Waals surface area contributed by atoms with E-state index in [-0.39, 0.29) is 6.04 Å². The molecule has 218 valence electrons. The quantitative estimate of drug-likeness (QED) is 0.208. The number of rotatable bonds is 12. The predicted octanol–water partition coefficient (Wildman–Crippen LogP) is 6.68. The van der Waals surface area contributed by atoms with Gasteiger partial charge in [-0.05, 0) is 89.4 Å². The number of benzene rings is 4. The molecule has 0 spiro atoms. The van der Waals surface area contributed by atoms with Gasteiger partial charge in [0.25, 0.3) is 0 Å². The maximum absolute atomic E-state index is 11.3. The van der Waals surface area contributed by atoms with E-state index in [4.69, 9.17) is 9.47 Å². The molecule has 5 rings (SSSR count). The molecule has 2 unspecified atom stereocenters. The normalized spacial score (nSPS) is 15.0. The van der Waals surface area contributed by atoms with Crippen molar-refractivity contribution in [2.24, 2.45) is 0 Å². The number of aryl methyl sites for hydroxylation is 3. The number of fused-ring (bicyclic) bond motifs is 2. The summed E-state index contributed by atoms with van der Waals surface area (Å²) in [5.41, 5.74) is 10.6. The first-order valence-electron chi connectivity index (χ1n) is 14.9. The van der Waals surface area contributed by atoms with Crippen LogP contribution in [0.25, 0.3) is 0 Å². The Labute approximate surface area is 249 Å². The van der Waals surface area contributed by atoms with E-state index >= 15 is 0 Å². The van der Waals surface area contributed by atoms with E-state index in [0.717, 1.165) is 43.5 Å². The van der Waals surface area contributed by atoms with Gasteiger partial charge in [0, 0.05) is 20.1 Å². The van der Waals surface area contributed by atoms with Gasteiger partial charge in [-0.1, -0.05) is 85.8 Å². The standard InChI is InChI=1S/C37H41NO4/c1-4-26-13-19-33-31(23-26)16-15-30-14-10-29(22-27-8-6-5-7-9-27)24-34(30)36(33)38(2)20-21-42-32-17-11-28(12-18-32)25-35(41-3)37(39)40/h5-14,17-19,23-24,35-36H,4,15-16,20-22,25H2,1-3H3,(H,39,40). The number of likely N-dealkylation sites (N-methyl/N-ethyl adjacent to an activating group) is 1. The zero-order valence-corrected chi connectivity index (χ0v) is 24.9. The van der Waals surface area contributed by atoms with Gasteiger partial charge in [0.2, 0.25) is 0 Å². The molecule has 0 fully saturated rings. The predicted molar refractivity (Wildman–Crippen MR) is 167 cm³/mol. The maximum Gasteiger partial charge on any atom is 0.333 e. The Morgan fingerprint density at radius 1 is 0.857 bits per heavy atom. The molecule has 4 aromatic rings. The van der Waals surface area contributed by atoms with Gasteiger partial charge in [-0.15, -0.1) is 0 Å². The Balaban J connectivity index is 1.34. The van der Waals surface area contributed by atoms with Crippen LogP contribution in [-0.2, 0) is 41.6 Å². The number of nitrogens with zero attached hydrogens (tertiary/aromatic N) is 1. The van der Waals surface area contributed by atoms with Crippen molar-refractivity contribution in [1.82, 2.24) is 4.90 Å². The fraction of sp³-hybridized carbons (Fsp3) is 0.324. The lowest BCUT2D eigenvalue weighted by molar-refractivity contribution is -0.148. The molecule has 4 aromatic carbocycles. The SMILES string of the molecule is CCc1ccc2c(c1)CCc1ccc(Cc3ccccc3)cc1C2N(C)CCOc1ccc(CC(OC)C(=O)O)cc1. The number of methoxy groups -OCH3 is 1. The molecule has 1 N–H and O–H groups in total. The summed E-state index contributed by atoms with van der Waals surface area (Å²) >= 11 is 0. The average molecular weight is 564 g/mol. The van der Waals surface area contributed by atoms with Crippen molar-refractivity contribution < 1.29 is 19.4 Å². The summed E-state index contributed by atoms with van der Waals surface area (Å²) in [5.74, 6) is -0.184. The number of hydrogen-bond donors (Lipinski definition) is 1. The molecule has 5 heteroatoms. The molecule has 0 saturated carbocycles. The van der Waals surface area contributed by atoms with Crippen LogP contribution >= 0.6 is 0 Å². The number of hydrogen-bond acceptors (Lipinski definition) is 4. The van der Waals surface area contributed by atoms with E-state index in [0.29, 0.717) is 13.0 Å². The van der Waals surface area contributed by atoms with Crippen molar-refractivity contribution in [3.8, 4) is 5.75 Å². The molecule has 1 aliphatic rings. The third-order valence-corrected chi connectivity index (χ3v) is 8.39. The van der Waals surface area contributed by atoms with Gasteiger partial charge in [0.05, 0.1) is 6.04 Å². The summed E-state index contributed by atoms with van der Waals surface area (Å²) in [6.45, 7) is 3.52. The summed E-state index contributed by atoms with van der Waals surface area (Å²) < 4.78 is 11.2. The van der Waals surface area contributed by atoms with Crippen LogP contribution in [0.1, 0.15) is 57.5 Å².